The lowest BCUT2D eigenvalue weighted by Crippen LogP contribution is -2.52. The number of nitrogens with one attached hydrogen (secondary N) is 1. The highest BCUT2D eigenvalue weighted by molar-refractivity contribution is 9.10. The van der Waals surface area contributed by atoms with Crippen LogP contribution in [0.1, 0.15) is 64.1 Å². The number of aliphatic hydroxyl groups excluding tert-OH is 1. The lowest BCUT2D eigenvalue weighted by Gasteiger charge is -2.42. The van der Waals surface area contributed by atoms with Crippen molar-refractivity contribution in [3.63, 3.8) is 0 Å². The molecule has 0 saturated heterocycles. The van der Waals surface area contributed by atoms with E-state index < -0.39 is 35.0 Å². The highest BCUT2D eigenvalue weighted by Crippen LogP contribution is 2.44. The van der Waals surface area contributed by atoms with Gasteiger partial charge in [-0.25, -0.2) is 8.78 Å². The molecule has 1 aliphatic rings. The smallest absolute Gasteiger partial charge is 0.249 e. The van der Waals surface area contributed by atoms with Crippen molar-refractivity contribution < 1.29 is 23.5 Å². The summed E-state index contributed by atoms with van der Waals surface area (Å²) in [6.07, 6.45) is 3.82. The third kappa shape index (κ3) is 8.36. The molecule has 0 fully saturated rings. The SMILES string of the molecule is CCCN(CCC)C(=O)C1=CC(C)=CC(C(N)=O)([C@H](Cc2cc(F)cc(F)c2)[C@@H](O)CN[C@H](C)c2cccc(Br)c2)C1. The number of aliphatic hydroxyl groups is 1. The van der Waals surface area contributed by atoms with Crippen molar-refractivity contribution in [2.45, 2.75) is 65.5 Å². The van der Waals surface area contributed by atoms with Crippen molar-refractivity contribution in [1.82, 2.24) is 10.2 Å². The summed E-state index contributed by atoms with van der Waals surface area (Å²) in [6.45, 7) is 8.95. The maximum Gasteiger partial charge on any atom is 0.249 e. The number of nitrogens with zero attached hydrogens (tertiary/aromatic N) is 1. The standard InChI is InChI=1S/C33H42BrF2N3O3/c1-5-10-39(11-6-2)31(41)25-12-21(3)18-33(19-25,32(37)42)29(15-23-13-27(35)17-28(36)14-23)30(40)20-38-22(4)24-8-7-9-26(34)16-24/h7-9,12-14,16-18,22,29-30,38,40H,5-6,10-11,15,19-20H2,1-4H3,(H2,37,42)/t22-,29-,30+,33?/m1/s1. The van der Waals surface area contributed by atoms with Gasteiger partial charge in [0.05, 0.1) is 11.5 Å². The van der Waals surface area contributed by atoms with Crippen molar-refractivity contribution in [3.05, 3.63) is 93.0 Å². The first-order valence-electron chi connectivity index (χ1n) is 14.5. The zero-order valence-electron chi connectivity index (χ0n) is 24.8. The van der Waals surface area contributed by atoms with E-state index in [1.165, 1.54) is 12.1 Å². The van der Waals surface area contributed by atoms with E-state index in [2.05, 4.69) is 21.2 Å². The lowest BCUT2D eigenvalue weighted by molar-refractivity contribution is -0.132. The molecule has 0 bridgehead atoms. The third-order valence-corrected chi connectivity index (χ3v) is 8.36. The van der Waals surface area contributed by atoms with Gasteiger partial charge in [0.15, 0.2) is 0 Å². The number of benzene rings is 2. The van der Waals surface area contributed by atoms with Crippen LogP contribution in [0.2, 0.25) is 0 Å². The molecule has 42 heavy (non-hydrogen) atoms. The maximum absolute atomic E-state index is 14.2. The minimum absolute atomic E-state index is 0.0247. The Morgan fingerprint density at radius 2 is 1.76 bits per heavy atom. The highest BCUT2D eigenvalue weighted by atomic mass is 79.9. The summed E-state index contributed by atoms with van der Waals surface area (Å²) in [4.78, 5) is 28.9. The molecule has 0 radical (unpaired) electrons. The van der Waals surface area contributed by atoms with Gasteiger partial charge in [-0.05, 0) is 74.9 Å². The molecule has 2 aromatic rings. The molecule has 1 aliphatic carbocycles. The molecule has 4 atom stereocenters. The predicted molar refractivity (Wildman–Crippen MR) is 165 cm³/mol. The molecular formula is C33H42BrF2N3O3. The number of primary amides is 1. The van der Waals surface area contributed by atoms with E-state index in [9.17, 15) is 23.5 Å². The van der Waals surface area contributed by atoms with Crippen LogP contribution in [0, 0.1) is 23.0 Å². The van der Waals surface area contributed by atoms with E-state index in [1.807, 2.05) is 45.0 Å². The summed E-state index contributed by atoms with van der Waals surface area (Å²) in [5, 5.41) is 15.0. The first-order valence-corrected chi connectivity index (χ1v) is 15.3. The summed E-state index contributed by atoms with van der Waals surface area (Å²) in [5.74, 6) is -3.29. The van der Waals surface area contributed by atoms with Gasteiger partial charge < -0.3 is 21.1 Å². The normalized spacial score (nSPS) is 19.0. The van der Waals surface area contributed by atoms with Crippen molar-refractivity contribution in [1.29, 1.82) is 0 Å². The minimum atomic E-state index is -1.48. The van der Waals surface area contributed by atoms with Crippen LogP contribution in [0.25, 0.3) is 0 Å². The fourth-order valence-corrected chi connectivity index (χ4v) is 6.31. The Bertz CT molecular complexity index is 1310. The average molecular weight is 647 g/mol. The van der Waals surface area contributed by atoms with Gasteiger partial charge in [-0.15, -0.1) is 0 Å². The predicted octanol–water partition coefficient (Wildman–Crippen LogP) is 5.99. The second kappa shape index (κ2) is 15.0. The molecule has 3 rings (SSSR count). The second-order valence-electron chi connectivity index (χ2n) is 11.3. The van der Waals surface area contributed by atoms with Crippen LogP contribution in [0.15, 0.2) is 70.2 Å². The number of hydrogen-bond acceptors (Lipinski definition) is 4. The van der Waals surface area contributed by atoms with E-state index in [0.717, 1.165) is 28.9 Å². The van der Waals surface area contributed by atoms with Gasteiger partial charge in [-0.1, -0.05) is 59.6 Å². The first-order chi connectivity index (χ1) is 19.9. The van der Waals surface area contributed by atoms with Crippen molar-refractivity contribution in [2.75, 3.05) is 19.6 Å². The van der Waals surface area contributed by atoms with E-state index in [-0.39, 0.29) is 36.9 Å². The van der Waals surface area contributed by atoms with Gasteiger partial charge in [-0.2, -0.15) is 0 Å². The minimum Gasteiger partial charge on any atom is -0.391 e. The monoisotopic (exact) mass is 645 g/mol. The number of allylic oxidation sites excluding steroid dienone is 2. The molecule has 228 valence electrons. The molecule has 2 amide bonds. The van der Waals surface area contributed by atoms with Gasteiger partial charge >= 0.3 is 0 Å². The van der Waals surface area contributed by atoms with Gasteiger partial charge in [0, 0.05) is 47.7 Å². The van der Waals surface area contributed by atoms with Crippen LogP contribution in [-0.2, 0) is 16.0 Å². The first kappa shape index (κ1) is 33.6. The Balaban J connectivity index is 2.01. The number of halogens is 3. The summed E-state index contributed by atoms with van der Waals surface area (Å²) in [6, 6.07) is 10.8. The number of rotatable bonds is 14. The number of hydrogen-bond donors (Lipinski definition) is 3. The van der Waals surface area contributed by atoms with Crippen molar-refractivity contribution in [2.24, 2.45) is 17.1 Å². The number of carbonyl (C=O) groups excluding carboxylic acids is 2. The number of carbonyl (C=O) groups is 2. The fraction of sp³-hybridized carbons (Fsp3) is 0.455. The quantitative estimate of drug-likeness (QED) is 0.235. The Morgan fingerprint density at radius 3 is 2.33 bits per heavy atom. The lowest BCUT2D eigenvalue weighted by atomic mass is 9.63. The summed E-state index contributed by atoms with van der Waals surface area (Å²) in [5.41, 5.74) is 7.00. The second-order valence-corrected chi connectivity index (χ2v) is 12.2. The van der Waals surface area contributed by atoms with Crippen LogP contribution in [0.5, 0.6) is 0 Å². The zero-order chi connectivity index (χ0) is 31.0. The number of nitrogens with two attached hydrogens (primary N) is 1. The van der Waals surface area contributed by atoms with Crippen LogP contribution in [0.4, 0.5) is 8.78 Å². The molecule has 9 heteroatoms. The molecule has 6 nitrogen and oxygen atoms in total. The van der Waals surface area contributed by atoms with Gasteiger partial charge in [0.1, 0.15) is 11.6 Å². The number of amides is 2. The Morgan fingerprint density at radius 1 is 1.12 bits per heavy atom. The van der Waals surface area contributed by atoms with Gasteiger partial charge in [-0.3, -0.25) is 9.59 Å². The van der Waals surface area contributed by atoms with E-state index in [0.29, 0.717) is 24.2 Å². The zero-order valence-corrected chi connectivity index (χ0v) is 26.4. The molecule has 0 aliphatic heterocycles. The molecule has 1 unspecified atom stereocenters. The topological polar surface area (TPSA) is 95.7 Å². The largest absolute Gasteiger partial charge is 0.391 e. The van der Waals surface area contributed by atoms with Crippen molar-refractivity contribution in [3.8, 4) is 0 Å². The molecule has 0 saturated carbocycles. The van der Waals surface area contributed by atoms with Crippen LogP contribution in [-0.4, -0.2) is 47.6 Å². The molecule has 0 spiro atoms. The Hall–Kier alpha value is -2.88. The van der Waals surface area contributed by atoms with Crippen LogP contribution >= 0.6 is 15.9 Å². The summed E-state index contributed by atoms with van der Waals surface area (Å²) in [7, 11) is 0. The van der Waals surface area contributed by atoms with E-state index >= 15 is 0 Å². The molecule has 2 aromatic carbocycles. The molecule has 4 N–H and O–H groups in total. The van der Waals surface area contributed by atoms with Crippen molar-refractivity contribution >= 4 is 27.7 Å². The van der Waals surface area contributed by atoms with Gasteiger partial charge in [0.25, 0.3) is 0 Å². The molecular weight excluding hydrogens is 604 g/mol. The average Bonchev–Trinajstić information content (AvgIpc) is 2.93. The van der Waals surface area contributed by atoms with Crippen LogP contribution < -0.4 is 11.1 Å². The van der Waals surface area contributed by atoms with E-state index in [4.69, 9.17) is 5.73 Å². The summed E-state index contributed by atoms with van der Waals surface area (Å²) < 4.78 is 29.4. The van der Waals surface area contributed by atoms with E-state index in [1.54, 1.807) is 24.0 Å². The van der Waals surface area contributed by atoms with Gasteiger partial charge in [0.2, 0.25) is 11.8 Å². The Labute approximate surface area is 256 Å². The Kier molecular flexibility index (Phi) is 12.0. The molecule has 0 aromatic heterocycles. The highest BCUT2D eigenvalue weighted by Gasteiger charge is 2.48. The fourth-order valence-electron chi connectivity index (χ4n) is 5.89. The maximum atomic E-state index is 14.2. The summed E-state index contributed by atoms with van der Waals surface area (Å²) >= 11 is 3.48. The molecule has 0 heterocycles. The third-order valence-electron chi connectivity index (χ3n) is 7.86. The van der Waals surface area contributed by atoms with Crippen LogP contribution in [0.3, 0.4) is 0 Å².